The molecule has 0 radical (unpaired) electrons. The van der Waals surface area contributed by atoms with Crippen LogP contribution in [0.1, 0.15) is 6.92 Å². The highest BCUT2D eigenvalue weighted by Gasteiger charge is 2.17. The van der Waals surface area contributed by atoms with Crippen molar-refractivity contribution in [3.05, 3.63) is 0 Å². The molecule has 1 fully saturated rings. The lowest BCUT2D eigenvalue weighted by Gasteiger charge is -2.26. The molecule has 0 aliphatic carbocycles. The summed E-state index contributed by atoms with van der Waals surface area (Å²) in [6.07, 6.45) is 0.0321. The summed E-state index contributed by atoms with van der Waals surface area (Å²) >= 11 is 0. The summed E-state index contributed by atoms with van der Waals surface area (Å²) in [5, 5.41) is 8.60. The molecule has 0 saturated carbocycles. The Morgan fingerprint density at radius 2 is 2.33 bits per heavy atom. The van der Waals surface area contributed by atoms with Crippen LogP contribution in [0.4, 0.5) is 0 Å². The SMILES string of the molecule is C[C@H]1COC[C@H](CO)O1. The highest BCUT2D eigenvalue weighted by molar-refractivity contribution is 4.62. The average molecular weight is 132 g/mol. The summed E-state index contributed by atoms with van der Waals surface area (Å²) in [6, 6.07) is 0. The molecule has 0 amide bonds. The van der Waals surface area contributed by atoms with Gasteiger partial charge in [-0.25, -0.2) is 0 Å². The molecule has 54 valence electrons. The van der Waals surface area contributed by atoms with Crippen molar-refractivity contribution in [3.63, 3.8) is 0 Å². The lowest BCUT2D eigenvalue weighted by molar-refractivity contribution is -0.143. The van der Waals surface area contributed by atoms with Crippen LogP contribution in [0.15, 0.2) is 0 Å². The van der Waals surface area contributed by atoms with Crippen molar-refractivity contribution in [1.29, 1.82) is 0 Å². The Balaban J connectivity index is 2.23. The van der Waals surface area contributed by atoms with E-state index in [1.165, 1.54) is 0 Å². The third-order valence-electron chi connectivity index (χ3n) is 1.28. The fourth-order valence-corrected chi connectivity index (χ4v) is 0.868. The van der Waals surface area contributed by atoms with Gasteiger partial charge in [0.2, 0.25) is 0 Å². The number of hydrogen-bond donors (Lipinski definition) is 1. The van der Waals surface area contributed by atoms with E-state index in [0.717, 1.165) is 0 Å². The van der Waals surface area contributed by atoms with Gasteiger partial charge in [-0.05, 0) is 6.92 Å². The molecule has 3 nitrogen and oxygen atoms in total. The van der Waals surface area contributed by atoms with E-state index in [1.807, 2.05) is 6.92 Å². The Morgan fingerprint density at radius 1 is 1.56 bits per heavy atom. The Hall–Kier alpha value is -0.120. The van der Waals surface area contributed by atoms with Crippen molar-refractivity contribution < 1.29 is 14.6 Å². The number of ether oxygens (including phenoxy) is 2. The van der Waals surface area contributed by atoms with E-state index in [0.29, 0.717) is 13.2 Å². The zero-order valence-electron chi connectivity index (χ0n) is 5.54. The topological polar surface area (TPSA) is 38.7 Å². The highest BCUT2D eigenvalue weighted by atomic mass is 16.6. The van der Waals surface area contributed by atoms with Gasteiger partial charge in [0.25, 0.3) is 0 Å². The zero-order valence-corrected chi connectivity index (χ0v) is 5.54. The van der Waals surface area contributed by atoms with Gasteiger partial charge in [0.15, 0.2) is 0 Å². The Morgan fingerprint density at radius 3 is 2.78 bits per heavy atom. The number of aliphatic hydroxyl groups is 1. The van der Waals surface area contributed by atoms with Gasteiger partial charge in [-0.1, -0.05) is 0 Å². The second-order valence-corrected chi connectivity index (χ2v) is 2.29. The molecule has 0 aromatic carbocycles. The maximum atomic E-state index is 8.60. The van der Waals surface area contributed by atoms with Gasteiger partial charge in [0, 0.05) is 0 Å². The zero-order chi connectivity index (χ0) is 6.69. The largest absolute Gasteiger partial charge is 0.394 e. The molecule has 9 heavy (non-hydrogen) atoms. The third-order valence-corrected chi connectivity index (χ3v) is 1.28. The number of aliphatic hydroxyl groups excluding tert-OH is 1. The normalized spacial score (nSPS) is 36.7. The van der Waals surface area contributed by atoms with Crippen molar-refractivity contribution in [2.24, 2.45) is 0 Å². The van der Waals surface area contributed by atoms with E-state index in [2.05, 4.69) is 0 Å². The number of hydrogen-bond acceptors (Lipinski definition) is 3. The first-order valence-corrected chi connectivity index (χ1v) is 3.17. The van der Waals surface area contributed by atoms with Gasteiger partial charge in [-0.15, -0.1) is 0 Å². The molecule has 2 atom stereocenters. The smallest absolute Gasteiger partial charge is 0.104 e. The summed E-state index contributed by atoms with van der Waals surface area (Å²) in [5.74, 6) is 0. The van der Waals surface area contributed by atoms with Gasteiger partial charge >= 0.3 is 0 Å². The molecule has 1 N–H and O–H groups in total. The third kappa shape index (κ3) is 1.93. The Labute approximate surface area is 54.6 Å². The van der Waals surface area contributed by atoms with Gasteiger partial charge in [-0.2, -0.15) is 0 Å². The van der Waals surface area contributed by atoms with Crippen molar-refractivity contribution in [2.45, 2.75) is 19.1 Å². The van der Waals surface area contributed by atoms with E-state index in [1.54, 1.807) is 0 Å². The Bertz CT molecular complexity index is 84.4. The first kappa shape index (κ1) is 6.99. The summed E-state index contributed by atoms with van der Waals surface area (Å²) in [4.78, 5) is 0. The Kier molecular flexibility index (Phi) is 2.45. The molecule has 1 aliphatic rings. The van der Waals surface area contributed by atoms with Gasteiger partial charge < -0.3 is 14.6 Å². The number of rotatable bonds is 1. The first-order valence-electron chi connectivity index (χ1n) is 3.17. The molecule has 0 aromatic rings. The van der Waals surface area contributed by atoms with E-state index < -0.39 is 0 Å². The van der Waals surface area contributed by atoms with Crippen molar-refractivity contribution >= 4 is 0 Å². The fourth-order valence-electron chi connectivity index (χ4n) is 0.868. The monoisotopic (exact) mass is 132 g/mol. The fraction of sp³-hybridized carbons (Fsp3) is 1.00. The van der Waals surface area contributed by atoms with Crippen molar-refractivity contribution in [2.75, 3.05) is 19.8 Å². The molecule has 0 bridgehead atoms. The summed E-state index contributed by atoms with van der Waals surface area (Å²) < 4.78 is 10.4. The summed E-state index contributed by atoms with van der Waals surface area (Å²) in [7, 11) is 0. The molecule has 1 heterocycles. The minimum Gasteiger partial charge on any atom is -0.394 e. The van der Waals surface area contributed by atoms with Crippen LogP contribution in [0.5, 0.6) is 0 Å². The van der Waals surface area contributed by atoms with Crippen molar-refractivity contribution in [3.8, 4) is 0 Å². The molecule has 1 saturated heterocycles. The molecule has 3 heteroatoms. The first-order chi connectivity index (χ1) is 4.33. The van der Waals surface area contributed by atoms with Crippen LogP contribution < -0.4 is 0 Å². The molecular formula is C6H12O3. The second-order valence-electron chi connectivity index (χ2n) is 2.29. The molecule has 0 unspecified atom stereocenters. The predicted molar refractivity (Wildman–Crippen MR) is 32.2 cm³/mol. The maximum Gasteiger partial charge on any atom is 0.104 e. The quantitative estimate of drug-likeness (QED) is 0.536. The highest BCUT2D eigenvalue weighted by Crippen LogP contribution is 2.05. The average Bonchev–Trinajstić information content (AvgIpc) is 1.88. The molecule has 1 rings (SSSR count). The minimum absolute atomic E-state index is 0.0599. The molecular weight excluding hydrogens is 120 g/mol. The van der Waals surface area contributed by atoms with Gasteiger partial charge in [-0.3, -0.25) is 0 Å². The lowest BCUT2D eigenvalue weighted by atomic mass is 10.3. The predicted octanol–water partition coefficient (Wildman–Crippen LogP) is -0.217. The summed E-state index contributed by atoms with van der Waals surface area (Å²) in [6.45, 7) is 3.17. The lowest BCUT2D eigenvalue weighted by Crippen LogP contribution is -2.36. The molecule has 0 spiro atoms. The minimum atomic E-state index is -0.103. The molecule has 0 aromatic heterocycles. The van der Waals surface area contributed by atoms with Crippen molar-refractivity contribution in [1.82, 2.24) is 0 Å². The van der Waals surface area contributed by atoms with Crippen LogP contribution in [0.25, 0.3) is 0 Å². The maximum absolute atomic E-state index is 8.60. The van der Waals surface area contributed by atoms with E-state index in [4.69, 9.17) is 14.6 Å². The van der Waals surface area contributed by atoms with Crippen LogP contribution in [0.2, 0.25) is 0 Å². The van der Waals surface area contributed by atoms with Gasteiger partial charge in [0.1, 0.15) is 6.10 Å². The van der Waals surface area contributed by atoms with E-state index >= 15 is 0 Å². The standard InChI is InChI=1S/C6H12O3/c1-5-3-8-4-6(2-7)9-5/h5-7H,2-4H2,1H3/t5-,6-/m0/s1. The second kappa shape index (κ2) is 3.15. The van der Waals surface area contributed by atoms with Crippen LogP contribution in [0, 0.1) is 0 Å². The van der Waals surface area contributed by atoms with Gasteiger partial charge in [0.05, 0.1) is 25.9 Å². The van der Waals surface area contributed by atoms with E-state index in [9.17, 15) is 0 Å². The van der Waals surface area contributed by atoms with Crippen LogP contribution in [-0.2, 0) is 9.47 Å². The summed E-state index contributed by atoms with van der Waals surface area (Å²) in [5.41, 5.74) is 0. The molecule has 1 aliphatic heterocycles. The van der Waals surface area contributed by atoms with E-state index in [-0.39, 0.29) is 18.8 Å². The van der Waals surface area contributed by atoms with Crippen LogP contribution in [-0.4, -0.2) is 37.1 Å². The van der Waals surface area contributed by atoms with Crippen LogP contribution in [0.3, 0.4) is 0 Å². The van der Waals surface area contributed by atoms with Crippen LogP contribution >= 0.6 is 0 Å².